The van der Waals surface area contributed by atoms with Crippen LogP contribution in [0.3, 0.4) is 0 Å². The fourth-order valence-corrected chi connectivity index (χ4v) is 5.30. The summed E-state index contributed by atoms with van der Waals surface area (Å²) in [6.07, 6.45) is 0. The summed E-state index contributed by atoms with van der Waals surface area (Å²) < 4.78 is 30.2. The van der Waals surface area contributed by atoms with Gasteiger partial charge < -0.3 is 4.57 Å². The molecule has 6 heteroatoms. The lowest BCUT2D eigenvalue weighted by Crippen LogP contribution is -2.29. The first kappa shape index (κ1) is 18.6. The third-order valence-corrected chi connectivity index (χ3v) is 7.19. The number of hydrogen-bond acceptors (Lipinski definition) is 3. The molecule has 4 aromatic rings. The molecule has 0 atom stereocenters. The van der Waals surface area contributed by atoms with E-state index in [9.17, 15) is 8.42 Å². The molecule has 0 bridgehead atoms. The Morgan fingerprint density at radius 1 is 0.767 bits per heavy atom. The lowest BCUT2D eigenvalue weighted by molar-refractivity contribution is 0.592. The molecular formula is C24H21N3O2S. The minimum atomic E-state index is -3.69. The van der Waals surface area contributed by atoms with Gasteiger partial charge >= 0.3 is 0 Å². The van der Waals surface area contributed by atoms with Gasteiger partial charge in [0.25, 0.3) is 10.0 Å². The van der Waals surface area contributed by atoms with Gasteiger partial charge in [0, 0.05) is 17.7 Å². The Balaban J connectivity index is 1.68. The number of benzene rings is 3. The summed E-state index contributed by atoms with van der Waals surface area (Å²) in [5.41, 5.74) is 4.74. The zero-order chi connectivity index (χ0) is 20.7. The van der Waals surface area contributed by atoms with Crippen LogP contribution in [-0.4, -0.2) is 24.5 Å². The van der Waals surface area contributed by atoms with Crippen LogP contribution in [0.5, 0.6) is 0 Å². The van der Waals surface area contributed by atoms with Crippen molar-refractivity contribution in [2.75, 3.05) is 10.8 Å². The third kappa shape index (κ3) is 3.00. The molecule has 0 radical (unpaired) electrons. The van der Waals surface area contributed by atoms with Crippen molar-refractivity contribution in [2.24, 2.45) is 0 Å². The minimum absolute atomic E-state index is 0.284. The summed E-state index contributed by atoms with van der Waals surface area (Å²) in [4.78, 5) is 5.12. The van der Waals surface area contributed by atoms with Crippen LogP contribution >= 0.6 is 0 Å². The van der Waals surface area contributed by atoms with E-state index in [0.29, 0.717) is 19.0 Å². The average molecular weight is 416 g/mol. The largest absolute Gasteiger partial charge is 0.307 e. The lowest BCUT2D eigenvalue weighted by atomic mass is 10.0. The highest BCUT2D eigenvalue weighted by Crippen LogP contribution is 2.39. The lowest BCUT2D eigenvalue weighted by Gasteiger charge is -2.16. The molecule has 0 amide bonds. The Kier molecular flexibility index (Phi) is 4.44. The highest BCUT2D eigenvalue weighted by atomic mass is 32.2. The van der Waals surface area contributed by atoms with Gasteiger partial charge in [-0.1, -0.05) is 78.4 Å². The third-order valence-electron chi connectivity index (χ3n) is 5.40. The smallest absolute Gasteiger partial charge is 0.266 e. The van der Waals surface area contributed by atoms with Gasteiger partial charge in [-0.2, -0.15) is 0 Å². The molecule has 1 aliphatic heterocycles. The van der Waals surface area contributed by atoms with E-state index in [-0.39, 0.29) is 4.90 Å². The molecule has 0 saturated carbocycles. The summed E-state index contributed by atoms with van der Waals surface area (Å²) in [5.74, 6) is 0.466. The fraction of sp³-hybridized carbons (Fsp3) is 0.125. The van der Waals surface area contributed by atoms with Gasteiger partial charge in [0.15, 0.2) is 0 Å². The maximum absolute atomic E-state index is 13.4. The Labute approximate surface area is 176 Å². The predicted octanol–water partition coefficient (Wildman–Crippen LogP) is 4.73. The summed E-state index contributed by atoms with van der Waals surface area (Å²) >= 11 is 0. The number of imidazole rings is 1. The Bertz CT molecular complexity index is 1300. The predicted molar refractivity (Wildman–Crippen MR) is 119 cm³/mol. The van der Waals surface area contributed by atoms with Gasteiger partial charge in [0.1, 0.15) is 0 Å². The number of aromatic nitrogens is 2. The molecule has 1 aliphatic rings. The first-order chi connectivity index (χ1) is 14.6. The first-order valence-electron chi connectivity index (χ1n) is 9.86. The van der Waals surface area contributed by atoms with Crippen molar-refractivity contribution in [1.82, 2.24) is 9.55 Å². The zero-order valence-electron chi connectivity index (χ0n) is 16.6. The quantitative estimate of drug-likeness (QED) is 0.484. The molecule has 0 fully saturated rings. The Morgan fingerprint density at radius 3 is 2.00 bits per heavy atom. The molecule has 1 aromatic heterocycles. The number of nitrogens with zero attached hydrogens (tertiary/aromatic N) is 3. The van der Waals surface area contributed by atoms with E-state index >= 15 is 0 Å². The Morgan fingerprint density at radius 2 is 1.37 bits per heavy atom. The molecule has 5 nitrogen and oxygen atoms in total. The van der Waals surface area contributed by atoms with Crippen LogP contribution in [0.1, 0.15) is 5.56 Å². The van der Waals surface area contributed by atoms with Gasteiger partial charge in [-0.05, 0) is 19.1 Å². The van der Waals surface area contributed by atoms with Crippen LogP contribution in [0.2, 0.25) is 0 Å². The molecule has 30 heavy (non-hydrogen) atoms. The van der Waals surface area contributed by atoms with Gasteiger partial charge in [0.2, 0.25) is 5.95 Å². The summed E-state index contributed by atoms with van der Waals surface area (Å²) in [5, 5.41) is 0. The van der Waals surface area contributed by atoms with Crippen LogP contribution in [0.25, 0.3) is 22.5 Å². The second-order valence-electron chi connectivity index (χ2n) is 7.38. The summed E-state index contributed by atoms with van der Waals surface area (Å²) in [6.45, 7) is 2.87. The monoisotopic (exact) mass is 415 g/mol. The second-order valence-corrected chi connectivity index (χ2v) is 9.25. The van der Waals surface area contributed by atoms with Crippen LogP contribution in [0, 0.1) is 6.92 Å². The minimum Gasteiger partial charge on any atom is -0.307 e. The van der Waals surface area contributed by atoms with E-state index in [1.807, 2.05) is 84.3 Å². The van der Waals surface area contributed by atoms with Crippen molar-refractivity contribution in [3.63, 3.8) is 0 Å². The van der Waals surface area contributed by atoms with E-state index in [1.165, 1.54) is 4.31 Å². The van der Waals surface area contributed by atoms with E-state index in [2.05, 4.69) is 0 Å². The van der Waals surface area contributed by atoms with Crippen LogP contribution in [0.4, 0.5) is 5.95 Å². The van der Waals surface area contributed by atoms with Crippen molar-refractivity contribution in [3.05, 3.63) is 90.5 Å². The van der Waals surface area contributed by atoms with Crippen molar-refractivity contribution in [2.45, 2.75) is 18.4 Å². The number of rotatable bonds is 4. The maximum atomic E-state index is 13.4. The van der Waals surface area contributed by atoms with Crippen LogP contribution < -0.4 is 4.31 Å². The van der Waals surface area contributed by atoms with Crippen molar-refractivity contribution < 1.29 is 8.42 Å². The summed E-state index contributed by atoms with van der Waals surface area (Å²) in [6, 6.07) is 26.9. The number of sulfonamides is 1. The highest BCUT2D eigenvalue weighted by Gasteiger charge is 2.35. The van der Waals surface area contributed by atoms with Crippen molar-refractivity contribution in [1.29, 1.82) is 0 Å². The Hall–Kier alpha value is -3.38. The number of hydrogen-bond donors (Lipinski definition) is 0. The van der Waals surface area contributed by atoms with Crippen LogP contribution in [0.15, 0.2) is 89.8 Å². The molecule has 0 spiro atoms. The highest BCUT2D eigenvalue weighted by molar-refractivity contribution is 7.92. The van der Waals surface area contributed by atoms with E-state index < -0.39 is 10.0 Å². The fourth-order valence-electron chi connectivity index (χ4n) is 3.89. The van der Waals surface area contributed by atoms with Gasteiger partial charge in [-0.3, -0.25) is 0 Å². The normalized spacial score (nSPS) is 13.4. The zero-order valence-corrected chi connectivity index (χ0v) is 17.4. The van der Waals surface area contributed by atoms with Crippen LogP contribution in [-0.2, 0) is 16.6 Å². The number of fused-ring (bicyclic) bond motifs is 1. The van der Waals surface area contributed by atoms with Gasteiger partial charge in [0.05, 0.1) is 22.8 Å². The van der Waals surface area contributed by atoms with Crippen molar-refractivity contribution in [3.8, 4) is 22.5 Å². The molecule has 0 saturated heterocycles. The number of anilines is 1. The molecule has 3 aromatic carbocycles. The molecule has 0 aliphatic carbocycles. The van der Waals surface area contributed by atoms with Gasteiger partial charge in [-0.15, -0.1) is 0 Å². The maximum Gasteiger partial charge on any atom is 0.266 e. The molecule has 150 valence electrons. The molecular weight excluding hydrogens is 394 g/mol. The van der Waals surface area contributed by atoms with E-state index in [1.54, 1.807) is 12.1 Å². The molecule has 0 N–H and O–H groups in total. The summed E-state index contributed by atoms with van der Waals surface area (Å²) in [7, 11) is -3.69. The standard InChI is InChI=1S/C24H21N3O2S/c1-18-12-14-21(15-13-18)30(28,29)27-17-16-26-23(20-10-6-3-7-11-20)22(25-24(26)27)19-8-4-2-5-9-19/h2-15H,16-17H2,1H3. The van der Waals surface area contributed by atoms with E-state index in [0.717, 1.165) is 28.1 Å². The van der Waals surface area contributed by atoms with E-state index in [4.69, 9.17) is 4.98 Å². The topological polar surface area (TPSA) is 55.2 Å². The first-order valence-corrected chi connectivity index (χ1v) is 11.3. The van der Waals surface area contributed by atoms with Gasteiger partial charge in [-0.25, -0.2) is 17.7 Å². The SMILES string of the molecule is Cc1ccc(S(=O)(=O)N2CCn3c2nc(-c2ccccc2)c3-c2ccccc2)cc1. The number of aryl methyl sites for hydroxylation is 1. The molecule has 0 unspecified atom stereocenters. The molecule has 5 rings (SSSR count). The van der Waals surface area contributed by atoms with Crippen molar-refractivity contribution >= 4 is 16.0 Å². The molecule has 2 heterocycles. The second kappa shape index (κ2) is 7.15. The average Bonchev–Trinajstić information content (AvgIpc) is 3.35.